The number of aryl methyl sites for hydroxylation is 1. The van der Waals surface area contributed by atoms with Gasteiger partial charge in [-0.1, -0.05) is 37.4 Å². The zero-order valence-electron chi connectivity index (χ0n) is 27.6. The third-order valence-corrected chi connectivity index (χ3v) is 13.9. The van der Waals surface area contributed by atoms with E-state index in [9.17, 15) is 0 Å². The number of likely N-dealkylation sites (N-methyl/N-ethyl adjacent to an activating group) is 1. The van der Waals surface area contributed by atoms with E-state index in [1.807, 2.05) is 98.8 Å². The highest BCUT2D eigenvalue weighted by Gasteiger charge is 2.23. The highest BCUT2D eigenvalue weighted by atomic mass is 32.4. The van der Waals surface area contributed by atoms with E-state index >= 15 is 0 Å². The summed E-state index contributed by atoms with van der Waals surface area (Å²) in [5.41, 5.74) is 13.1. The lowest BCUT2D eigenvalue weighted by atomic mass is 10.2. The van der Waals surface area contributed by atoms with Gasteiger partial charge in [-0.15, -0.1) is 5.92 Å². The molecule has 0 heterocycles. The Hall–Kier alpha value is -3.84. The van der Waals surface area contributed by atoms with Gasteiger partial charge in [0.2, 0.25) is 7.07 Å². The van der Waals surface area contributed by atoms with E-state index in [1.54, 1.807) is 18.0 Å². The summed E-state index contributed by atoms with van der Waals surface area (Å²) in [6.45, 7) is 8.14. The maximum Gasteiger partial charge on any atom is 0.325 e. The molecule has 0 aromatic heterocycles. The predicted octanol–water partition coefficient (Wildman–Crippen LogP) is 10.3. The van der Waals surface area contributed by atoms with Gasteiger partial charge in [-0.3, -0.25) is 0 Å². The highest BCUT2D eigenvalue weighted by molar-refractivity contribution is 8.50. The maximum absolute atomic E-state index is 8.94. The van der Waals surface area contributed by atoms with Crippen molar-refractivity contribution in [2.75, 3.05) is 31.6 Å². The molecule has 0 saturated carbocycles. The molecule has 0 spiro atoms. The molecule has 0 saturated heterocycles. The number of anilines is 1. The second kappa shape index (κ2) is 20.0. The number of benzene rings is 4. The van der Waals surface area contributed by atoms with Crippen LogP contribution in [0.25, 0.3) is 10.4 Å². The number of rotatable bonds is 17. The number of azide groups is 1. The lowest BCUT2D eigenvalue weighted by Gasteiger charge is -2.23. The summed E-state index contributed by atoms with van der Waals surface area (Å²) < 4.78 is 25.8. The molecule has 0 radical (unpaired) electrons. The van der Waals surface area contributed by atoms with E-state index in [0.29, 0.717) is 23.9 Å². The lowest BCUT2D eigenvalue weighted by molar-refractivity contribution is 0.324. The zero-order valence-corrected chi connectivity index (χ0v) is 32.4. The quantitative estimate of drug-likeness (QED) is 0.0201. The SMILES string of the molecule is CC#Cc1ccc(N(CC)CCOc2ccc(O[PH](=S)N(C)/N=C/c3ccc(OP(Oc4ccc(C)cc4)P(P)N=[N+]=[N-])cc3)cc2)cc1. The Kier molecular flexibility index (Phi) is 15.5. The van der Waals surface area contributed by atoms with Crippen LogP contribution in [0.3, 0.4) is 0 Å². The normalized spacial score (nSPS) is 12.4. The molecule has 0 aliphatic heterocycles. The van der Waals surface area contributed by atoms with Gasteiger partial charge in [-0.25, -0.2) is 4.78 Å². The van der Waals surface area contributed by atoms with Crippen LogP contribution >= 0.6 is 31.5 Å². The van der Waals surface area contributed by atoms with Crippen molar-refractivity contribution in [3.63, 3.8) is 0 Å². The molecule has 10 nitrogen and oxygen atoms in total. The minimum Gasteiger partial charge on any atom is -0.492 e. The zero-order chi connectivity index (χ0) is 35.0. The first-order valence-corrected chi connectivity index (χ1v) is 22.5. The fourth-order valence-corrected chi connectivity index (χ4v) is 8.55. The van der Waals surface area contributed by atoms with Crippen molar-refractivity contribution in [1.82, 2.24) is 4.78 Å². The third kappa shape index (κ3) is 12.5. The average Bonchev–Trinajstić information content (AvgIpc) is 3.11. The molecule has 0 bridgehead atoms. The fourth-order valence-electron chi connectivity index (χ4n) is 4.18. The first kappa shape index (κ1) is 38.0. The Morgan fingerprint density at radius 2 is 1.51 bits per heavy atom. The van der Waals surface area contributed by atoms with Gasteiger partial charge in [0.15, 0.2) is 0 Å². The molecular formula is C34H38N6O4P4S. The fraction of sp³-hybridized carbons (Fsp3) is 0.206. The summed E-state index contributed by atoms with van der Waals surface area (Å²) in [7, 11) is -0.357. The van der Waals surface area contributed by atoms with Crippen molar-refractivity contribution in [2.24, 2.45) is 9.99 Å². The summed E-state index contributed by atoms with van der Waals surface area (Å²) in [5, 5.41) is 4.49. The number of hydrogen-bond donors (Lipinski definition) is 0. The monoisotopic (exact) mass is 750 g/mol. The minimum absolute atomic E-state index is 0.544. The molecule has 0 fully saturated rings. The van der Waals surface area contributed by atoms with Crippen LogP contribution in [-0.2, 0) is 11.8 Å². The van der Waals surface area contributed by atoms with Crippen LogP contribution in [0, 0.1) is 18.8 Å². The molecule has 4 unspecified atom stereocenters. The van der Waals surface area contributed by atoms with E-state index in [1.165, 1.54) is 0 Å². The molecule has 0 N–H and O–H groups in total. The van der Waals surface area contributed by atoms with Crippen LogP contribution in [0.2, 0.25) is 0 Å². The minimum atomic E-state index is -1.86. The van der Waals surface area contributed by atoms with Crippen LogP contribution in [-0.4, -0.2) is 37.7 Å². The summed E-state index contributed by atoms with van der Waals surface area (Å²) in [6.07, 6.45) is 1.71. The first-order valence-electron chi connectivity index (χ1n) is 15.2. The maximum atomic E-state index is 8.94. The van der Waals surface area contributed by atoms with Gasteiger partial charge in [-0.2, -0.15) is 5.10 Å². The van der Waals surface area contributed by atoms with E-state index in [4.69, 9.17) is 35.6 Å². The van der Waals surface area contributed by atoms with E-state index < -0.39 is 22.6 Å². The Balaban J connectivity index is 1.25. The number of ether oxygens (including phenoxy) is 1. The molecule has 4 atom stereocenters. The molecule has 49 heavy (non-hydrogen) atoms. The van der Waals surface area contributed by atoms with Crippen molar-refractivity contribution in [1.29, 1.82) is 0 Å². The number of nitrogens with zero attached hydrogens (tertiary/aromatic N) is 6. The van der Waals surface area contributed by atoms with Crippen LogP contribution in [0.15, 0.2) is 107 Å². The first-order chi connectivity index (χ1) is 23.8. The lowest BCUT2D eigenvalue weighted by Crippen LogP contribution is -2.28. The third-order valence-electron chi connectivity index (χ3n) is 6.75. The number of hydrazone groups is 1. The van der Waals surface area contributed by atoms with Crippen LogP contribution in [0.5, 0.6) is 23.0 Å². The van der Waals surface area contributed by atoms with E-state index in [-0.39, 0.29) is 0 Å². The number of hydrogen-bond acceptors (Lipinski definition) is 8. The summed E-state index contributed by atoms with van der Waals surface area (Å²) in [5.74, 6) is 8.66. The molecule has 254 valence electrons. The van der Waals surface area contributed by atoms with Crippen LogP contribution < -0.4 is 23.2 Å². The summed E-state index contributed by atoms with van der Waals surface area (Å²) in [6, 6.07) is 30.7. The van der Waals surface area contributed by atoms with Crippen LogP contribution in [0.1, 0.15) is 30.5 Å². The van der Waals surface area contributed by atoms with E-state index in [0.717, 1.165) is 41.2 Å². The standard InChI is InChI=1S/C34H38N6O4P4S/c1-5-7-28-10-14-30(15-11-28)40(6-2)24-25-41-31-20-22-32(23-21-31)42-47(49)39(4)36-26-29-12-18-34(19-13-29)44-48(46(45)38-37-35)43-33-16-8-27(3)9-17-33/h8-23,26,47H,6,24-25,45H2,1-4H3/b36-26+. The molecule has 4 aromatic rings. The van der Waals surface area contributed by atoms with Crippen molar-refractivity contribution < 1.29 is 18.3 Å². The van der Waals surface area contributed by atoms with Gasteiger partial charge >= 0.3 is 8.06 Å². The topological polar surface area (TPSA) is 105 Å². The van der Waals surface area contributed by atoms with Gasteiger partial charge in [0.25, 0.3) is 0 Å². The Morgan fingerprint density at radius 1 is 0.918 bits per heavy atom. The summed E-state index contributed by atoms with van der Waals surface area (Å²) in [4.78, 5) is 9.01. The van der Waals surface area contributed by atoms with Crippen molar-refractivity contribution in [2.45, 2.75) is 20.8 Å². The second-order valence-electron chi connectivity index (χ2n) is 10.3. The average molecular weight is 751 g/mol. The Bertz CT molecular complexity index is 1800. The summed E-state index contributed by atoms with van der Waals surface area (Å²) >= 11 is 5.63. The molecular weight excluding hydrogens is 712 g/mol. The van der Waals surface area contributed by atoms with E-state index in [2.05, 4.69) is 59.6 Å². The van der Waals surface area contributed by atoms with Gasteiger partial charge in [0.05, 0.1) is 12.8 Å². The smallest absolute Gasteiger partial charge is 0.325 e. The van der Waals surface area contributed by atoms with Gasteiger partial charge < -0.3 is 23.2 Å². The second-order valence-corrected chi connectivity index (χ2v) is 19.3. The predicted molar refractivity (Wildman–Crippen MR) is 212 cm³/mol. The van der Waals surface area contributed by atoms with Gasteiger partial charge in [0, 0.05) is 29.8 Å². The van der Waals surface area contributed by atoms with Crippen molar-refractivity contribution >= 4 is 55.2 Å². The Morgan fingerprint density at radius 3 is 2.10 bits per heavy atom. The Labute approximate surface area is 298 Å². The van der Waals surface area contributed by atoms with Crippen molar-refractivity contribution in [3.8, 4) is 34.8 Å². The molecule has 15 heteroatoms. The molecule has 0 aliphatic rings. The van der Waals surface area contributed by atoms with Crippen molar-refractivity contribution in [3.05, 3.63) is 124 Å². The molecule has 0 amide bonds. The molecule has 4 rings (SSSR count). The molecule has 0 aliphatic carbocycles. The van der Waals surface area contributed by atoms with Gasteiger partial charge in [-0.05, 0) is 129 Å². The highest BCUT2D eigenvalue weighted by Crippen LogP contribution is 2.75. The van der Waals surface area contributed by atoms with Crippen LogP contribution in [0.4, 0.5) is 5.69 Å². The largest absolute Gasteiger partial charge is 0.492 e. The molecule has 4 aromatic carbocycles. The van der Waals surface area contributed by atoms with Gasteiger partial charge in [0.1, 0.15) is 37.1 Å².